The molecule has 0 saturated heterocycles. The minimum absolute atomic E-state index is 0.289. The Hall–Kier alpha value is -4.80. The number of carbonyl (C=O) groups excluding carboxylic acids is 1. The monoisotopic (exact) mass is 457 g/mol. The molecular weight excluding hydrogens is 438 g/mol. The van der Waals surface area contributed by atoms with Gasteiger partial charge in [0.25, 0.3) is 0 Å². The van der Waals surface area contributed by atoms with Gasteiger partial charge < -0.3 is 19.5 Å². The van der Waals surface area contributed by atoms with E-state index in [0.717, 1.165) is 11.3 Å². The molecule has 0 spiro atoms. The van der Waals surface area contributed by atoms with Crippen LogP contribution in [0.2, 0.25) is 0 Å². The van der Waals surface area contributed by atoms with Crippen molar-refractivity contribution in [3.63, 3.8) is 0 Å². The third kappa shape index (κ3) is 4.13. The number of hydrogen-bond acceptors (Lipinski definition) is 10. The van der Waals surface area contributed by atoms with Gasteiger partial charge in [0.2, 0.25) is 5.88 Å². The number of nitrogens with one attached hydrogen (secondary N) is 1. The topological polar surface area (TPSA) is 126 Å². The lowest BCUT2D eigenvalue weighted by molar-refractivity contribution is -0.132. The van der Waals surface area contributed by atoms with E-state index in [9.17, 15) is 4.79 Å². The maximum atomic E-state index is 11.5. The van der Waals surface area contributed by atoms with Crippen molar-refractivity contribution in [2.24, 2.45) is 0 Å². The van der Waals surface area contributed by atoms with Gasteiger partial charge in [0.05, 0.1) is 12.6 Å². The lowest BCUT2D eigenvalue weighted by Gasteiger charge is -2.13. The van der Waals surface area contributed by atoms with Crippen LogP contribution in [0.25, 0.3) is 16.6 Å². The fourth-order valence-corrected chi connectivity index (χ4v) is 3.42. The molecule has 5 rings (SSSR count). The van der Waals surface area contributed by atoms with Crippen molar-refractivity contribution in [3.8, 4) is 23.1 Å². The average molecular weight is 457 g/mol. The first-order valence-corrected chi connectivity index (χ1v) is 10.2. The molecule has 3 heterocycles. The second-order valence-electron chi connectivity index (χ2n) is 7.37. The summed E-state index contributed by atoms with van der Waals surface area (Å²) in [5, 5.41) is 11.8. The number of rotatable bonds is 6. The Bertz CT molecular complexity index is 1530. The van der Waals surface area contributed by atoms with Crippen LogP contribution in [-0.4, -0.2) is 42.6 Å². The summed E-state index contributed by atoms with van der Waals surface area (Å²) in [6.45, 7) is 3.26. The zero-order valence-corrected chi connectivity index (χ0v) is 18.5. The molecule has 34 heavy (non-hydrogen) atoms. The fraction of sp³-hybridized carbons (Fsp3) is 0.130. The zero-order valence-electron chi connectivity index (χ0n) is 18.5. The fourth-order valence-electron chi connectivity index (χ4n) is 3.42. The molecule has 0 radical (unpaired) electrons. The van der Waals surface area contributed by atoms with Gasteiger partial charge in [-0.3, -0.25) is 9.20 Å². The van der Waals surface area contributed by atoms with Crippen LogP contribution >= 0.6 is 0 Å². The van der Waals surface area contributed by atoms with Gasteiger partial charge in [-0.05, 0) is 36.8 Å². The van der Waals surface area contributed by atoms with E-state index >= 15 is 0 Å². The molecule has 0 unspecified atom stereocenters. The van der Waals surface area contributed by atoms with Crippen molar-refractivity contribution in [1.29, 1.82) is 0 Å². The first-order valence-electron chi connectivity index (χ1n) is 10.2. The van der Waals surface area contributed by atoms with Crippen LogP contribution in [0.5, 0.6) is 23.1 Å². The highest BCUT2D eigenvalue weighted by Crippen LogP contribution is 2.35. The number of carbonyl (C=O) groups is 1. The normalized spacial score (nSPS) is 10.9. The van der Waals surface area contributed by atoms with Crippen LogP contribution in [0.15, 0.2) is 55.4 Å². The number of aromatic nitrogens is 6. The molecule has 3 aromatic heterocycles. The molecule has 0 saturated carbocycles. The van der Waals surface area contributed by atoms with Crippen molar-refractivity contribution in [3.05, 3.63) is 60.9 Å². The molecule has 0 aliphatic rings. The highest BCUT2D eigenvalue weighted by Gasteiger charge is 2.14. The Morgan fingerprint density at radius 3 is 2.68 bits per heavy atom. The van der Waals surface area contributed by atoms with E-state index in [0.29, 0.717) is 39.7 Å². The number of fused-ring (bicyclic) bond motifs is 2. The van der Waals surface area contributed by atoms with Crippen molar-refractivity contribution in [2.45, 2.75) is 13.8 Å². The highest BCUT2D eigenvalue weighted by molar-refractivity contribution is 5.93. The van der Waals surface area contributed by atoms with Crippen molar-refractivity contribution < 1.29 is 19.0 Å². The van der Waals surface area contributed by atoms with Crippen LogP contribution in [0.3, 0.4) is 0 Å². The van der Waals surface area contributed by atoms with Gasteiger partial charge in [-0.25, -0.2) is 15.0 Å². The smallest absolute Gasteiger partial charge is 0.308 e. The molecule has 0 atom stereocenters. The second-order valence-corrected chi connectivity index (χ2v) is 7.37. The van der Waals surface area contributed by atoms with E-state index in [1.165, 1.54) is 20.4 Å². The summed E-state index contributed by atoms with van der Waals surface area (Å²) < 4.78 is 18.2. The highest BCUT2D eigenvalue weighted by atomic mass is 16.6. The summed E-state index contributed by atoms with van der Waals surface area (Å²) in [5.74, 6) is 1.86. The molecule has 5 aromatic rings. The van der Waals surface area contributed by atoms with E-state index in [1.807, 2.05) is 25.1 Å². The molecule has 1 N–H and O–H groups in total. The summed E-state index contributed by atoms with van der Waals surface area (Å²) in [6, 6.07) is 10.7. The van der Waals surface area contributed by atoms with E-state index in [1.54, 1.807) is 35.3 Å². The number of anilines is 2. The third-order valence-electron chi connectivity index (χ3n) is 4.99. The van der Waals surface area contributed by atoms with Gasteiger partial charge in [0.1, 0.15) is 30.5 Å². The van der Waals surface area contributed by atoms with Gasteiger partial charge in [0, 0.05) is 30.1 Å². The van der Waals surface area contributed by atoms with Gasteiger partial charge >= 0.3 is 5.97 Å². The quantitative estimate of drug-likeness (QED) is 0.297. The van der Waals surface area contributed by atoms with Crippen LogP contribution in [0, 0.1) is 6.92 Å². The summed E-state index contributed by atoms with van der Waals surface area (Å²) in [5.41, 5.74) is 2.95. The van der Waals surface area contributed by atoms with Gasteiger partial charge in [0.15, 0.2) is 17.1 Å². The van der Waals surface area contributed by atoms with E-state index < -0.39 is 5.97 Å². The first-order chi connectivity index (χ1) is 16.5. The first kappa shape index (κ1) is 21.1. The molecule has 0 fully saturated rings. The largest absolute Gasteiger partial charge is 0.493 e. The number of benzene rings is 2. The second kappa shape index (κ2) is 8.62. The van der Waals surface area contributed by atoms with Crippen LogP contribution in [0.4, 0.5) is 11.5 Å². The summed E-state index contributed by atoms with van der Waals surface area (Å²) in [4.78, 5) is 24.4. The minimum Gasteiger partial charge on any atom is -0.493 e. The number of aryl methyl sites for hydroxylation is 1. The number of methoxy groups -OCH3 is 1. The number of nitrogens with zero attached hydrogens (tertiary/aromatic N) is 6. The van der Waals surface area contributed by atoms with E-state index in [2.05, 4.69) is 30.5 Å². The lowest BCUT2D eigenvalue weighted by Crippen LogP contribution is -2.04. The summed E-state index contributed by atoms with van der Waals surface area (Å²) in [7, 11) is 1.50. The van der Waals surface area contributed by atoms with Crippen molar-refractivity contribution >= 4 is 34.0 Å². The van der Waals surface area contributed by atoms with Crippen molar-refractivity contribution in [2.75, 3.05) is 12.4 Å². The number of hydrogen-bond donors (Lipinski definition) is 1. The Labute approximate surface area is 193 Å². The summed E-state index contributed by atoms with van der Waals surface area (Å²) >= 11 is 0. The van der Waals surface area contributed by atoms with E-state index in [-0.39, 0.29) is 5.75 Å². The molecule has 2 aromatic carbocycles. The van der Waals surface area contributed by atoms with Gasteiger partial charge in [-0.2, -0.15) is 0 Å². The predicted octanol–water partition coefficient (Wildman–Crippen LogP) is 3.85. The number of ether oxygens (including phenoxy) is 3. The molecular formula is C23H19N7O4. The van der Waals surface area contributed by atoms with Gasteiger partial charge in [-0.1, -0.05) is 0 Å². The molecule has 0 aliphatic carbocycles. The number of esters is 1. The molecule has 0 bridgehead atoms. The Kier molecular flexibility index (Phi) is 5.34. The van der Waals surface area contributed by atoms with Crippen molar-refractivity contribution in [1.82, 2.24) is 29.5 Å². The predicted molar refractivity (Wildman–Crippen MR) is 123 cm³/mol. The molecule has 170 valence electrons. The molecule has 0 aliphatic heterocycles. The standard InChI is InChI=1S/C23H19N7O4/c1-13-6-15(4-5-18(13)34-22-9-21-29-27-12-30(21)11-26-22)28-23-16-7-20(33-14(2)31)19(32-3)8-17(16)24-10-25-23/h4-12H,1-3H3,(H,24,25,28). The minimum atomic E-state index is -0.451. The SMILES string of the molecule is COc1cc2ncnc(Nc3ccc(Oc4cc5nncn5cn4)c(C)c3)c2cc1OC(C)=O. The maximum absolute atomic E-state index is 11.5. The zero-order chi connectivity index (χ0) is 23.7. The molecule has 0 amide bonds. The third-order valence-corrected chi connectivity index (χ3v) is 4.99. The lowest BCUT2D eigenvalue weighted by atomic mass is 10.1. The van der Waals surface area contributed by atoms with E-state index in [4.69, 9.17) is 14.2 Å². The molecule has 11 heteroatoms. The Morgan fingerprint density at radius 1 is 1.00 bits per heavy atom. The van der Waals surface area contributed by atoms with Crippen LogP contribution < -0.4 is 19.5 Å². The maximum Gasteiger partial charge on any atom is 0.308 e. The Balaban J connectivity index is 1.43. The summed E-state index contributed by atoms with van der Waals surface area (Å²) in [6.07, 6.45) is 4.61. The van der Waals surface area contributed by atoms with Crippen LogP contribution in [0.1, 0.15) is 12.5 Å². The van der Waals surface area contributed by atoms with Gasteiger partial charge in [-0.15, -0.1) is 10.2 Å². The Morgan fingerprint density at radius 2 is 1.88 bits per heavy atom. The molecule has 11 nitrogen and oxygen atoms in total. The van der Waals surface area contributed by atoms with Crippen LogP contribution in [-0.2, 0) is 4.79 Å². The average Bonchev–Trinajstić information content (AvgIpc) is 3.28.